The molecule has 1 fully saturated rings. The van der Waals surface area contributed by atoms with Gasteiger partial charge in [0, 0.05) is 19.6 Å². The maximum Gasteiger partial charge on any atom is 0.225 e. The Balaban J connectivity index is 0.00000200. The average Bonchev–Trinajstić information content (AvgIpc) is 2.33. The molecule has 1 aliphatic heterocycles. The number of nitrogens with one attached hydrogen (secondary N) is 2. The smallest absolute Gasteiger partial charge is 0.225 e. The summed E-state index contributed by atoms with van der Waals surface area (Å²) in [5, 5.41) is 15.3. The van der Waals surface area contributed by atoms with Gasteiger partial charge in [-0.3, -0.25) is 4.79 Å². The van der Waals surface area contributed by atoms with Crippen LogP contribution in [0.25, 0.3) is 0 Å². The van der Waals surface area contributed by atoms with Crippen molar-refractivity contribution in [2.75, 3.05) is 26.2 Å². The van der Waals surface area contributed by atoms with Crippen LogP contribution in [0.5, 0.6) is 5.75 Å². The number of hydrogen-bond donors (Lipinski definition) is 3. The van der Waals surface area contributed by atoms with Gasteiger partial charge in [0.05, 0.1) is 5.92 Å². The highest BCUT2D eigenvalue weighted by Crippen LogP contribution is 2.11. The zero-order valence-electron chi connectivity index (χ0n) is 10.8. The van der Waals surface area contributed by atoms with Crippen LogP contribution in [0.1, 0.15) is 0 Å². The Hall–Kier alpha value is -1.37. The lowest BCUT2D eigenvalue weighted by atomic mass is 10.0. The van der Waals surface area contributed by atoms with E-state index in [9.17, 15) is 14.3 Å². The Morgan fingerprint density at radius 1 is 1.45 bits per heavy atom. The highest BCUT2D eigenvalue weighted by molar-refractivity contribution is 5.85. The summed E-state index contributed by atoms with van der Waals surface area (Å²) >= 11 is 0. The number of carbonyl (C=O) groups excluding carboxylic acids is 1. The fraction of sp³-hybridized carbons (Fsp3) is 0.462. The van der Waals surface area contributed by atoms with E-state index in [4.69, 9.17) is 4.74 Å². The Morgan fingerprint density at radius 2 is 2.10 bits per heavy atom. The minimum atomic E-state index is -0.790. The molecule has 1 aromatic carbocycles. The van der Waals surface area contributed by atoms with Crippen molar-refractivity contribution < 1.29 is 19.0 Å². The van der Waals surface area contributed by atoms with E-state index < -0.39 is 6.10 Å². The highest BCUT2D eigenvalue weighted by atomic mass is 35.5. The summed E-state index contributed by atoms with van der Waals surface area (Å²) in [5.41, 5.74) is 0. The van der Waals surface area contributed by atoms with E-state index in [0.717, 1.165) is 0 Å². The summed E-state index contributed by atoms with van der Waals surface area (Å²) in [5.74, 6) is 0.0917. The molecule has 1 atom stereocenters. The second-order valence-electron chi connectivity index (χ2n) is 4.52. The molecule has 1 aliphatic rings. The van der Waals surface area contributed by atoms with Gasteiger partial charge < -0.3 is 20.5 Å². The molecule has 0 bridgehead atoms. The number of halogens is 2. The number of benzene rings is 1. The summed E-state index contributed by atoms with van der Waals surface area (Å²) in [6, 6.07) is 5.54. The Bertz CT molecular complexity index is 426. The van der Waals surface area contributed by atoms with Crippen molar-refractivity contribution in [3.05, 3.63) is 30.1 Å². The molecule has 2 rings (SSSR count). The number of aliphatic hydroxyl groups excluding tert-OH is 1. The minimum Gasteiger partial charge on any atom is -0.491 e. The first-order valence-electron chi connectivity index (χ1n) is 6.20. The standard InChI is InChI=1S/C13H17FN2O3.ClH/c14-10-1-3-12(4-2-10)19-8-11(17)7-16-13(18)9-5-15-6-9;/h1-4,9,11,15,17H,5-8H2,(H,16,18);1H. The van der Waals surface area contributed by atoms with Gasteiger partial charge in [0.1, 0.15) is 24.3 Å². The number of ether oxygens (including phenoxy) is 1. The summed E-state index contributed by atoms with van der Waals surface area (Å²) in [4.78, 5) is 11.5. The molecule has 0 saturated carbocycles. The van der Waals surface area contributed by atoms with Crippen molar-refractivity contribution in [2.24, 2.45) is 5.92 Å². The van der Waals surface area contributed by atoms with Crippen molar-refractivity contribution in [1.29, 1.82) is 0 Å². The molecule has 0 radical (unpaired) electrons. The van der Waals surface area contributed by atoms with E-state index in [-0.39, 0.29) is 43.2 Å². The lowest BCUT2D eigenvalue weighted by Crippen LogP contribution is -2.52. The second kappa shape index (κ2) is 8.04. The van der Waals surface area contributed by atoms with Crippen LogP contribution in [-0.4, -0.2) is 43.4 Å². The van der Waals surface area contributed by atoms with Crippen LogP contribution in [0.15, 0.2) is 24.3 Å². The second-order valence-corrected chi connectivity index (χ2v) is 4.52. The minimum absolute atomic E-state index is 0. The van der Waals surface area contributed by atoms with E-state index in [2.05, 4.69) is 10.6 Å². The molecule has 112 valence electrons. The van der Waals surface area contributed by atoms with Gasteiger partial charge in [-0.15, -0.1) is 12.4 Å². The predicted molar refractivity (Wildman–Crippen MR) is 74.5 cm³/mol. The molecule has 5 nitrogen and oxygen atoms in total. The summed E-state index contributed by atoms with van der Waals surface area (Å²) in [6.07, 6.45) is -0.790. The van der Waals surface area contributed by atoms with Gasteiger partial charge in [-0.2, -0.15) is 0 Å². The molecule has 1 unspecified atom stereocenters. The van der Waals surface area contributed by atoms with Gasteiger partial charge in [-0.05, 0) is 24.3 Å². The van der Waals surface area contributed by atoms with E-state index in [1.165, 1.54) is 24.3 Å². The Morgan fingerprint density at radius 3 is 2.65 bits per heavy atom. The van der Waals surface area contributed by atoms with Crippen molar-refractivity contribution in [2.45, 2.75) is 6.10 Å². The third-order valence-electron chi connectivity index (χ3n) is 2.92. The van der Waals surface area contributed by atoms with Crippen LogP contribution in [0.4, 0.5) is 4.39 Å². The Labute approximate surface area is 122 Å². The van der Waals surface area contributed by atoms with E-state index in [1.807, 2.05) is 0 Å². The molecular weight excluding hydrogens is 287 g/mol. The molecule has 1 saturated heterocycles. The largest absolute Gasteiger partial charge is 0.491 e. The van der Waals surface area contributed by atoms with Crippen LogP contribution < -0.4 is 15.4 Å². The monoisotopic (exact) mass is 304 g/mol. The van der Waals surface area contributed by atoms with Crippen LogP contribution in [0.2, 0.25) is 0 Å². The van der Waals surface area contributed by atoms with Crippen LogP contribution in [0, 0.1) is 11.7 Å². The lowest BCUT2D eigenvalue weighted by molar-refractivity contribution is -0.126. The van der Waals surface area contributed by atoms with E-state index in [1.54, 1.807) is 0 Å². The number of hydrogen-bond acceptors (Lipinski definition) is 4. The third-order valence-corrected chi connectivity index (χ3v) is 2.92. The van der Waals surface area contributed by atoms with Crippen molar-refractivity contribution in [3.63, 3.8) is 0 Å². The average molecular weight is 305 g/mol. The molecule has 1 amide bonds. The van der Waals surface area contributed by atoms with Crippen molar-refractivity contribution >= 4 is 18.3 Å². The van der Waals surface area contributed by atoms with Crippen LogP contribution in [-0.2, 0) is 4.79 Å². The van der Waals surface area contributed by atoms with Gasteiger partial charge in [-0.1, -0.05) is 0 Å². The normalized spacial score (nSPS) is 15.7. The maximum atomic E-state index is 12.7. The molecule has 20 heavy (non-hydrogen) atoms. The van der Waals surface area contributed by atoms with E-state index >= 15 is 0 Å². The number of rotatable bonds is 6. The fourth-order valence-corrected chi connectivity index (χ4v) is 1.62. The van der Waals surface area contributed by atoms with Gasteiger partial charge >= 0.3 is 0 Å². The lowest BCUT2D eigenvalue weighted by Gasteiger charge is -2.26. The zero-order chi connectivity index (χ0) is 13.7. The van der Waals surface area contributed by atoms with Crippen LogP contribution in [0.3, 0.4) is 0 Å². The number of amides is 1. The predicted octanol–water partition coefficient (Wildman–Crippen LogP) is 0.323. The number of aliphatic hydroxyl groups is 1. The first kappa shape index (κ1) is 16.7. The quantitative estimate of drug-likeness (QED) is 0.708. The third kappa shape index (κ3) is 4.96. The number of carbonyl (C=O) groups is 1. The van der Waals surface area contributed by atoms with Gasteiger partial charge in [0.2, 0.25) is 5.91 Å². The van der Waals surface area contributed by atoms with Crippen molar-refractivity contribution in [1.82, 2.24) is 10.6 Å². The molecule has 0 aromatic heterocycles. The Kier molecular flexibility index (Phi) is 6.70. The molecule has 0 spiro atoms. The first-order valence-corrected chi connectivity index (χ1v) is 6.20. The van der Waals surface area contributed by atoms with E-state index in [0.29, 0.717) is 18.8 Å². The molecule has 3 N–H and O–H groups in total. The first-order chi connectivity index (χ1) is 9.15. The molecule has 1 heterocycles. The van der Waals surface area contributed by atoms with Gasteiger partial charge in [0.25, 0.3) is 0 Å². The molecule has 0 aliphatic carbocycles. The van der Waals surface area contributed by atoms with Gasteiger partial charge in [0.15, 0.2) is 0 Å². The zero-order valence-corrected chi connectivity index (χ0v) is 11.7. The molecule has 7 heteroatoms. The molecule has 1 aromatic rings. The molecular formula is C13H18ClFN2O3. The topological polar surface area (TPSA) is 70.6 Å². The maximum absolute atomic E-state index is 12.7. The summed E-state index contributed by atoms with van der Waals surface area (Å²) in [6.45, 7) is 1.58. The summed E-state index contributed by atoms with van der Waals surface area (Å²) < 4.78 is 17.9. The van der Waals surface area contributed by atoms with Crippen molar-refractivity contribution in [3.8, 4) is 5.75 Å². The highest BCUT2D eigenvalue weighted by Gasteiger charge is 2.24. The fourth-order valence-electron chi connectivity index (χ4n) is 1.62. The van der Waals surface area contributed by atoms with Gasteiger partial charge in [-0.25, -0.2) is 4.39 Å². The SMILES string of the molecule is Cl.O=C(NCC(O)COc1ccc(F)cc1)C1CNC1. The van der Waals surface area contributed by atoms with Crippen LogP contribution >= 0.6 is 12.4 Å². The summed E-state index contributed by atoms with van der Waals surface area (Å²) in [7, 11) is 0.